The number of nitrogens with one attached hydrogen (secondary N) is 1. The minimum Gasteiger partial charge on any atom is -0.318 e. The molecule has 1 heterocycles. The Balaban J connectivity index is 2.46. The molecule has 0 aliphatic carbocycles. The van der Waals surface area contributed by atoms with Crippen LogP contribution in [0.15, 0.2) is 24.5 Å². The number of aromatic nitrogens is 1. The summed E-state index contributed by atoms with van der Waals surface area (Å²) in [5.74, 6) is 0. The molecule has 0 saturated heterocycles. The molecule has 0 bridgehead atoms. The van der Waals surface area contributed by atoms with E-state index in [2.05, 4.69) is 27.3 Å². The average Bonchev–Trinajstić information content (AvgIpc) is 2.34. The van der Waals surface area contributed by atoms with Crippen molar-refractivity contribution in [1.82, 2.24) is 15.2 Å². The molecule has 0 fully saturated rings. The fourth-order valence-electron chi connectivity index (χ4n) is 1.50. The van der Waals surface area contributed by atoms with Crippen LogP contribution in [0.1, 0.15) is 12.0 Å². The monoisotopic (exact) mass is 218 g/mol. The first kappa shape index (κ1) is 12.6. The molecule has 0 amide bonds. The Hall–Kier alpha value is -1.44. The SMILES string of the molecule is CNCCN(CCC#N)Cc1cccnc1. The lowest BCUT2D eigenvalue weighted by atomic mass is 10.2. The third-order valence-electron chi connectivity index (χ3n) is 2.35. The second kappa shape index (κ2) is 7.80. The number of hydrogen-bond acceptors (Lipinski definition) is 4. The van der Waals surface area contributed by atoms with Gasteiger partial charge in [0.1, 0.15) is 0 Å². The molecule has 0 radical (unpaired) electrons. The Morgan fingerprint density at radius 3 is 3.00 bits per heavy atom. The number of hydrogen-bond donors (Lipinski definition) is 1. The number of likely N-dealkylation sites (N-methyl/N-ethyl adjacent to an activating group) is 1. The van der Waals surface area contributed by atoms with Gasteiger partial charge < -0.3 is 5.32 Å². The van der Waals surface area contributed by atoms with E-state index in [1.165, 1.54) is 5.56 Å². The van der Waals surface area contributed by atoms with Crippen LogP contribution in [0.3, 0.4) is 0 Å². The van der Waals surface area contributed by atoms with Crippen LogP contribution < -0.4 is 5.32 Å². The van der Waals surface area contributed by atoms with E-state index >= 15 is 0 Å². The Morgan fingerprint density at radius 2 is 2.38 bits per heavy atom. The van der Waals surface area contributed by atoms with Gasteiger partial charge in [-0.1, -0.05) is 6.07 Å². The lowest BCUT2D eigenvalue weighted by molar-refractivity contribution is 0.273. The summed E-state index contributed by atoms with van der Waals surface area (Å²) < 4.78 is 0. The third kappa shape index (κ3) is 4.87. The van der Waals surface area contributed by atoms with Crippen molar-refractivity contribution in [3.63, 3.8) is 0 Å². The second-order valence-electron chi connectivity index (χ2n) is 3.65. The smallest absolute Gasteiger partial charge is 0.0635 e. The highest BCUT2D eigenvalue weighted by Crippen LogP contribution is 2.02. The Labute approximate surface area is 96.9 Å². The van der Waals surface area contributed by atoms with Crippen molar-refractivity contribution < 1.29 is 0 Å². The number of nitriles is 1. The van der Waals surface area contributed by atoms with Crippen molar-refractivity contribution in [2.75, 3.05) is 26.7 Å². The second-order valence-corrected chi connectivity index (χ2v) is 3.65. The summed E-state index contributed by atoms with van der Waals surface area (Å²) in [6.07, 6.45) is 4.22. The average molecular weight is 218 g/mol. The van der Waals surface area contributed by atoms with Crippen LogP contribution in [0.5, 0.6) is 0 Å². The zero-order chi connectivity index (χ0) is 11.6. The maximum absolute atomic E-state index is 8.60. The van der Waals surface area contributed by atoms with Crippen molar-refractivity contribution in [2.45, 2.75) is 13.0 Å². The first-order chi connectivity index (χ1) is 7.86. The normalized spacial score (nSPS) is 10.3. The lowest BCUT2D eigenvalue weighted by Crippen LogP contribution is -2.31. The van der Waals surface area contributed by atoms with E-state index in [1.54, 1.807) is 6.20 Å². The van der Waals surface area contributed by atoms with Gasteiger partial charge in [0.2, 0.25) is 0 Å². The molecule has 1 aromatic rings. The predicted octanol–water partition coefficient (Wildman–Crippen LogP) is 1.02. The molecule has 1 rings (SSSR count). The van der Waals surface area contributed by atoms with Gasteiger partial charge in [0.15, 0.2) is 0 Å². The zero-order valence-corrected chi connectivity index (χ0v) is 9.69. The van der Waals surface area contributed by atoms with Gasteiger partial charge in [0.05, 0.1) is 6.07 Å². The van der Waals surface area contributed by atoms with E-state index < -0.39 is 0 Å². The van der Waals surface area contributed by atoms with Gasteiger partial charge in [-0.05, 0) is 18.7 Å². The minimum atomic E-state index is 0.573. The van der Waals surface area contributed by atoms with Crippen LogP contribution in [0.4, 0.5) is 0 Å². The fraction of sp³-hybridized carbons (Fsp3) is 0.500. The van der Waals surface area contributed by atoms with Crippen LogP contribution in [-0.2, 0) is 6.54 Å². The fourth-order valence-corrected chi connectivity index (χ4v) is 1.50. The molecule has 16 heavy (non-hydrogen) atoms. The summed E-state index contributed by atoms with van der Waals surface area (Å²) in [5, 5.41) is 11.7. The molecule has 0 atom stereocenters. The van der Waals surface area contributed by atoms with E-state index in [0.29, 0.717) is 6.42 Å². The van der Waals surface area contributed by atoms with Crippen LogP contribution >= 0.6 is 0 Å². The summed E-state index contributed by atoms with van der Waals surface area (Å²) in [6.45, 7) is 3.56. The quantitative estimate of drug-likeness (QED) is 0.742. The highest BCUT2D eigenvalue weighted by Gasteiger charge is 2.04. The first-order valence-electron chi connectivity index (χ1n) is 5.49. The molecule has 0 aliphatic rings. The number of nitrogens with zero attached hydrogens (tertiary/aromatic N) is 3. The van der Waals surface area contributed by atoms with Gasteiger partial charge in [-0.25, -0.2) is 0 Å². The molecule has 0 aliphatic heterocycles. The van der Waals surface area contributed by atoms with Gasteiger partial charge in [-0.3, -0.25) is 9.88 Å². The van der Waals surface area contributed by atoms with E-state index in [9.17, 15) is 0 Å². The van der Waals surface area contributed by atoms with Crippen LogP contribution in [0.2, 0.25) is 0 Å². The molecule has 1 aromatic heterocycles. The van der Waals surface area contributed by atoms with Crippen LogP contribution in [0, 0.1) is 11.3 Å². The number of pyridine rings is 1. The van der Waals surface area contributed by atoms with Gasteiger partial charge in [0.25, 0.3) is 0 Å². The van der Waals surface area contributed by atoms with Gasteiger partial charge >= 0.3 is 0 Å². The summed E-state index contributed by atoms with van der Waals surface area (Å²) in [6, 6.07) is 6.18. The maximum atomic E-state index is 8.60. The largest absolute Gasteiger partial charge is 0.318 e. The topological polar surface area (TPSA) is 52.0 Å². The molecule has 4 nitrogen and oxygen atoms in total. The maximum Gasteiger partial charge on any atom is 0.0635 e. The lowest BCUT2D eigenvalue weighted by Gasteiger charge is -2.20. The van der Waals surface area contributed by atoms with E-state index in [-0.39, 0.29) is 0 Å². The summed E-state index contributed by atoms with van der Waals surface area (Å²) in [4.78, 5) is 6.35. The van der Waals surface area contributed by atoms with Crippen LogP contribution in [-0.4, -0.2) is 36.6 Å². The summed E-state index contributed by atoms with van der Waals surface area (Å²) in [7, 11) is 1.94. The molecular formula is C12H18N4. The Bertz CT molecular complexity index is 318. The van der Waals surface area contributed by atoms with Gasteiger partial charge in [0, 0.05) is 45.0 Å². The van der Waals surface area contributed by atoms with Gasteiger partial charge in [-0.15, -0.1) is 0 Å². The van der Waals surface area contributed by atoms with E-state index in [0.717, 1.165) is 26.2 Å². The predicted molar refractivity (Wildman–Crippen MR) is 63.7 cm³/mol. The zero-order valence-electron chi connectivity index (χ0n) is 9.69. The Morgan fingerprint density at radius 1 is 1.50 bits per heavy atom. The van der Waals surface area contributed by atoms with Crippen molar-refractivity contribution in [1.29, 1.82) is 5.26 Å². The molecule has 1 N–H and O–H groups in total. The molecule has 0 saturated carbocycles. The third-order valence-corrected chi connectivity index (χ3v) is 2.35. The highest BCUT2D eigenvalue weighted by atomic mass is 15.1. The minimum absolute atomic E-state index is 0.573. The molecule has 0 spiro atoms. The standard InChI is InChI=1S/C12H18N4/c1-14-7-9-16(8-3-5-13)11-12-4-2-6-15-10-12/h2,4,6,10,14H,3,7-9,11H2,1H3. The van der Waals surface area contributed by atoms with Crippen molar-refractivity contribution in [2.24, 2.45) is 0 Å². The van der Waals surface area contributed by atoms with Crippen molar-refractivity contribution in [3.05, 3.63) is 30.1 Å². The molecular weight excluding hydrogens is 200 g/mol. The Kier molecular flexibility index (Phi) is 6.16. The van der Waals surface area contributed by atoms with Crippen molar-refractivity contribution >= 4 is 0 Å². The summed E-state index contributed by atoms with van der Waals surface area (Å²) >= 11 is 0. The summed E-state index contributed by atoms with van der Waals surface area (Å²) in [5.41, 5.74) is 1.19. The highest BCUT2D eigenvalue weighted by molar-refractivity contribution is 5.08. The number of rotatable bonds is 7. The van der Waals surface area contributed by atoms with Crippen molar-refractivity contribution in [3.8, 4) is 6.07 Å². The van der Waals surface area contributed by atoms with Crippen LogP contribution in [0.25, 0.3) is 0 Å². The van der Waals surface area contributed by atoms with E-state index in [4.69, 9.17) is 5.26 Å². The molecule has 4 heteroatoms. The molecule has 0 unspecified atom stereocenters. The molecule has 0 aromatic carbocycles. The van der Waals surface area contributed by atoms with Gasteiger partial charge in [-0.2, -0.15) is 5.26 Å². The molecule has 86 valence electrons. The van der Waals surface area contributed by atoms with E-state index in [1.807, 2.05) is 19.3 Å². The first-order valence-corrected chi connectivity index (χ1v) is 5.49.